The van der Waals surface area contributed by atoms with Gasteiger partial charge in [0.2, 0.25) is 5.91 Å². The maximum atomic E-state index is 12.7. The number of nitrogens with zero attached hydrogens (tertiary/aromatic N) is 1. The lowest BCUT2D eigenvalue weighted by molar-refractivity contribution is -0.140. The van der Waals surface area contributed by atoms with Crippen molar-refractivity contribution < 1.29 is 23.1 Å². The maximum Gasteiger partial charge on any atom is 0.416 e. The summed E-state index contributed by atoms with van der Waals surface area (Å²) in [4.78, 5) is 13.5. The van der Waals surface area contributed by atoms with Gasteiger partial charge in [-0.05, 0) is 30.5 Å². The molecule has 3 nitrogen and oxygen atoms in total. The SMILES string of the molecule is CC1CCCN(CC(O)c2cccc(C(F)(F)F)c2)C1=O. The Morgan fingerprint density at radius 1 is 1.43 bits per heavy atom. The average Bonchev–Trinajstić information content (AvgIpc) is 2.43. The van der Waals surface area contributed by atoms with Crippen LogP contribution in [0.25, 0.3) is 0 Å². The molecule has 1 aliphatic heterocycles. The summed E-state index contributed by atoms with van der Waals surface area (Å²) in [6, 6.07) is 4.60. The largest absolute Gasteiger partial charge is 0.416 e. The smallest absolute Gasteiger partial charge is 0.387 e. The first-order chi connectivity index (χ1) is 9.79. The highest BCUT2D eigenvalue weighted by molar-refractivity contribution is 5.79. The van der Waals surface area contributed by atoms with Gasteiger partial charge in [0.15, 0.2) is 0 Å². The molecule has 2 unspecified atom stereocenters. The third kappa shape index (κ3) is 3.75. The topological polar surface area (TPSA) is 40.5 Å². The molecule has 0 saturated carbocycles. The van der Waals surface area contributed by atoms with Crippen LogP contribution < -0.4 is 0 Å². The molecule has 21 heavy (non-hydrogen) atoms. The van der Waals surface area contributed by atoms with Gasteiger partial charge in [0.25, 0.3) is 0 Å². The number of aliphatic hydroxyl groups excluding tert-OH is 1. The molecule has 1 amide bonds. The van der Waals surface area contributed by atoms with Crippen LogP contribution in [0.4, 0.5) is 13.2 Å². The number of carbonyl (C=O) groups excluding carboxylic acids is 1. The van der Waals surface area contributed by atoms with E-state index in [4.69, 9.17) is 0 Å². The van der Waals surface area contributed by atoms with E-state index >= 15 is 0 Å². The van der Waals surface area contributed by atoms with Crippen molar-refractivity contribution in [3.05, 3.63) is 35.4 Å². The lowest BCUT2D eigenvalue weighted by Gasteiger charge is -2.32. The van der Waals surface area contributed by atoms with Gasteiger partial charge in [-0.1, -0.05) is 19.1 Å². The number of likely N-dealkylation sites (tertiary alicyclic amines) is 1. The van der Waals surface area contributed by atoms with Crippen molar-refractivity contribution in [1.29, 1.82) is 0 Å². The molecule has 0 aliphatic carbocycles. The van der Waals surface area contributed by atoms with Gasteiger partial charge < -0.3 is 10.0 Å². The second-order valence-corrected chi connectivity index (χ2v) is 5.47. The molecule has 1 fully saturated rings. The number of benzene rings is 1. The fourth-order valence-corrected chi connectivity index (χ4v) is 2.55. The summed E-state index contributed by atoms with van der Waals surface area (Å²) in [5, 5.41) is 10.1. The third-order valence-corrected chi connectivity index (χ3v) is 3.79. The molecule has 2 rings (SSSR count). The predicted octanol–water partition coefficient (Wildman–Crippen LogP) is 3.00. The lowest BCUT2D eigenvalue weighted by Crippen LogP contribution is -2.42. The molecule has 1 N–H and O–H groups in total. The van der Waals surface area contributed by atoms with Crippen LogP contribution in [0.1, 0.15) is 37.0 Å². The van der Waals surface area contributed by atoms with Crippen LogP contribution in [0.5, 0.6) is 0 Å². The zero-order chi connectivity index (χ0) is 15.6. The summed E-state index contributed by atoms with van der Waals surface area (Å²) in [5.41, 5.74) is -0.617. The van der Waals surface area contributed by atoms with Crippen molar-refractivity contribution in [1.82, 2.24) is 4.90 Å². The first kappa shape index (κ1) is 15.8. The van der Waals surface area contributed by atoms with Crippen LogP contribution >= 0.6 is 0 Å². The van der Waals surface area contributed by atoms with E-state index in [9.17, 15) is 23.1 Å². The Morgan fingerprint density at radius 3 is 2.81 bits per heavy atom. The Kier molecular flexibility index (Phi) is 4.56. The minimum atomic E-state index is -4.44. The highest BCUT2D eigenvalue weighted by Gasteiger charge is 2.31. The highest BCUT2D eigenvalue weighted by Crippen LogP contribution is 2.31. The Hall–Kier alpha value is -1.56. The number of β-amino-alcohol motifs (C(OH)–C–C–N with tert-alkyl or cyclic N) is 1. The molecule has 1 aliphatic rings. The van der Waals surface area contributed by atoms with Crippen molar-refractivity contribution >= 4 is 5.91 Å². The van der Waals surface area contributed by atoms with Crippen LogP contribution in [0, 0.1) is 5.92 Å². The third-order valence-electron chi connectivity index (χ3n) is 3.79. The van der Waals surface area contributed by atoms with Crippen molar-refractivity contribution in [3.63, 3.8) is 0 Å². The number of halogens is 3. The minimum Gasteiger partial charge on any atom is -0.387 e. The van der Waals surface area contributed by atoms with E-state index in [1.807, 2.05) is 6.92 Å². The van der Waals surface area contributed by atoms with E-state index in [2.05, 4.69) is 0 Å². The average molecular weight is 301 g/mol. The molecule has 1 aromatic carbocycles. The number of hydrogen-bond donors (Lipinski definition) is 1. The molecule has 1 saturated heterocycles. The van der Waals surface area contributed by atoms with E-state index in [0.717, 1.165) is 25.0 Å². The van der Waals surface area contributed by atoms with Crippen molar-refractivity contribution in [2.75, 3.05) is 13.1 Å². The molecule has 1 heterocycles. The summed E-state index contributed by atoms with van der Waals surface area (Å²) in [6.45, 7) is 2.40. The van der Waals surface area contributed by atoms with Crippen LogP contribution in [-0.4, -0.2) is 29.0 Å². The second-order valence-electron chi connectivity index (χ2n) is 5.47. The Morgan fingerprint density at radius 2 is 2.14 bits per heavy atom. The first-order valence-corrected chi connectivity index (χ1v) is 6.93. The molecule has 2 atom stereocenters. The summed E-state index contributed by atoms with van der Waals surface area (Å²) < 4.78 is 38.0. The summed E-state index contributed by atoms with van der Waals surface area (Å²) in [7, 11) is 0. The number of hydrogen-bond acceptors (Lipinski definition) is 2. The highest BCUT2D eigenvalue weighted by atomic mass is 19.4. The van der Waals surface area contributed by atoms with Gasteiger partial charge in [0, 0.05) is 12.5 Å². The van der Waals surface area contributed by atoms with Crippen LogP contribution in [0.2, 0.25) is 0 Å². The molecular formula is C15H18F3NO2. The number of amides is 1. The lowest BCUT2D eigenvalue weighted by atomic mass is 9.98. The van der Waals surface area contributed by atoms with Crippen molar-refractivity contribution in [3.8, 4) is 0 Å². The van der Waals surface area contributed by atoms with Crippen molar-refractivity contribution in [2.45, 2.75) is 32.0 Å². The Bertz CT molecular complexity index is 516. The first-order valence-electron chi connectivity index (χ1n) is 6.93. The molecule has 0 bridgehead atoms. The molecule has 0 spiro atoms. The fraction of sp³-hybridized carbons (Fsp3) is 0.533. The quantitative estimate of drug-likeness (QED) is 0.932. The molecule has 6 heteroatoms. The predicted molar refractivity (Wildman–Crippen MR) is 71.4 cm³/mol. The number of rotatable bonds is 3. The zero-order valence-electron chi connectivity index (χ0n) is 11.7. The normalized spacial score (nSPS) is 21.5. The van der Waals surface area contributed by atoms with Crippen LogP contribution in [0.3, 0.4) is 0 Å². The van der Waals surface area contributed by atoms with Gasteiger partial charge in [-0.15, -0.1) is 0 Å². The van der Waals surface area contributed by atoms with Crippen LogP contribution in [0.15, 0.2) is 24.3 Å². The number of piperidine rings is 1. The molecule has 116 valence electrons. The molecular weight excluding hydrogens is 283 g/mol. The number of aliphatic hydroxyl groups is 1. The van der Waals surface area contributed by atoms with E-state index in [0.29, 0.717) is 6.54 Å². The molecule has 0 aromatic heterocycles. The van der Waals surface area contributed by atoms with Gasteiger partial charge in [0.1, 0.15) is 0 Å². The molecule has 1 aromatic rings. The summed E-state index contributed by atoms with van der Waals surface area (Å²) >= 11 is 0. The maximum absolute atomic E-state index is 12.7. The summed E-state index contributed by atoms with van der Waals surface area (Å²) in [6.07, 6.45) is -3.89. The van der Waals surface area contributed by atoms with E-state index in [1.165, 1.54) is 17.0 Å². The van der Waals surface area contributed by atoms with Gasteiger partial charge in [-0.25, -0.2) is 0 Å². The summed E-state index contributed by atoms with van der Waals surface area (Å²) in [5.74, 6) is -0.139. The number of alkyl halides is 3. The van der Waals surface area contributed by atoms with Crippen LogP contribution in [-0.2, 0) is 11.0 Å². The van der Waals surface area contributed by atoms with Gasteiger partial charge in [-0.2, -0.15) is 13.2 Å². The monoisotopic (exact) mass is 301 g/mol. The Labute approximate surface area is 121 Å². The van der Waals surface area contributed by atoms with Gasteiger partial charge in [-0.3, -0.25) is 4.79 Å². The zero-order valence-corrected chi connectivity index (χ0v) is 11.7. The van der Waals surface area contributed by atoms with E-state index in [-0.39, 0.29) is 23.9 Å². The standard InChI is InChI=1S/C15H18F3NO2/c1-10-4-3-7-19(14(10)21)9-13(20)11-5-2-6-12(8-11)15(16,17)18/h2,5-6,8,10,13,20H,3-4,7,9H2,1H3. The molecule has 0 radical (unpaired) electrons. The second kappa shape index (κ2) is 6.05. The van der Waals surface area contributed by atoms with E-state index < -0.39 is 17.8 Å². The van der Waals surface area contributed by atoms with Crippen molar-refractivity contribution in [2.24, 2.45) is 5.92 Å². The Balaban J connectivity index is 2.10. The number of carbonyl (C=O) groups is 1. The van der Waals surface area contributed by atoms with Gasteiger partial charge in [0.05, 0.1) is 18.2 Å². The van der Waals surface area contributed by atoms with Gasteiger partial charge >= 0.3 is 6.18 Å². The minimum absolute atomic E-state index is 0.0322. The van der Waals surface area contributed by atoms with E-state index in [1.54, 1.807) is 0 Å². The fourth-order valence-electron chi connectivity index (χ4n) is 2.55.